The lowest BCUT2D eigenvalue weighted by atomic mass is 10.2. The fraction of sp³-hybridized carbons (Fsp3) is 0.250. The van der Waals surface area contributed by atoms with Gasteiger partial charge >= 0.3 is 18.2 Å². The summed E-state index contributed by atoms with van der Waals surface area (Å²) in [7, 11) is 0. The molecule has 0 radical (unpaired) electrons. The molecule has 0 spiro atoms. The predicted molar refractivity (Wildman–Crippen MR) is 112 cm³/mol. The van der Waals surface area contributed by atoms with Crippen LogP contribution in [-0.4, -0.2) is 61.3 Å². The van der Waals surface area contributed by atoms with Gasteiger partial charge in [-0.3, -0.25) is 9.78 Å². The number of rotatable bonds is 6. The van der Waals surface area contributed by atoms with Crippen LogP contribution < -0.4 is 25.6 Å². The van der Waals surface area contributed by atoms with Gasteiger partial charge in [0.2, 0.25) is 5.88 Å². The molecule has 15 heteroatoms. The largest absolute Gasteiger partial charge is 0.466 e. The number of ether oxygens (including phenoxy) is 2. The van der Waals surface area contributed by atoms with Crippen LogP contribution in [0.25, 0.3) is 16.9 Å². The summed E-state index contributed by atoms with van der Waals surface area (Å²) in [5.74, 6) is -3.75. The van der Waals surface area contributed by atoms with Gasteiger partial charge in [0.05, 0.1) is 30.5 Å². The van der Waals surface area contributed by atoms with E-state index in [1.807, 2.05) is 0 Å². The molecule has 35 heavy (non-hydrogen) atoms. The number of H-pyrrole nitrogens is 2. The average molecular weight is 493 g/mol. The minimum absolute atomic E-state index is 0.0236. The zero-order valence-electron chi connectivity index (χ0n) is 17.5. The van der Waals surface area contributed by atoms with E-state index >= 15 is 0 Å². The normalized spacial score (nSPS) is 17.3. The molecule has 1 aliphatic heterocycles. The molecule has 11 nitrogen and oxygen atoms in total. The van der Waals surface area contributed by atoms with Crippen molar-refractivity contribution in [1.29, 1.82) is 0 Å². The summed E-state index contributed by atoms with van der Waals surface area (Å²) >= 11 is 0. The van der Waals surface area contributed by atoms with Gasteiger partial charge < -0.3 is 19.4 Å². The summed E-state index contributed by atoms with van der Waals surface area (Å²) in [6.07, 6.45) is 3.39. The zero-order valence-corrected chi connectivity index (χ0v) is 17.5. The van der Waals surface area contributed by atoms with E-state index < -0.39 is 36.4 Å². The highest BCUT2D eigenvalue weighted by molar-refractivity contribution is 5.74. The quantitative estimate of drug-likeness (QED) is 0.388. The van der Waals surface area contributed by atoms with Crippen LogP contribution in [0.5, 0.6) is 11.6 Å². The summed E-state index contributed by atoms with van der Waals surface area (Å²) < 4.78 is 65.2. The molecule has 5 rings (SSSR count). The van der Waals surface area contributed by atoms with E-state index in [0.717, 1.165) is 18.3 Å². The van der Waals surface area contributed by atoms with Crippen molar-refractivity contribution in [3.05, 3.63) is 63.8 Å². The first kappa shape index (κ1) is 22.4. The molecule has 1 saturated heterocycles. The van der Waals surface area contributed by atoms with E-state index in [1.54, 1.807) is 0 Å². The molecule has 182 valence electrons. The second-order valence-electron chi connectivity index (χ2n) is 7.55. The van der Waals surface area contributed by atoms with Crippen molar-refractivity contribution in [3.63, 3.8) is 0 Å². The van der Waals surface area contributed by atoms with Crippen molar-refractivity contribution in [2.75, 3.05) is 18.0 Å². The van der Waals surface area contributed by atoms with E-state index in [0.29, 0.717) is 0 Å². The second-order valence-corrected chi connectivity index (χ2v) is 7.55. The van der Waals surface area contributed by atoms with E-state index in [2.05, 4.69) is 29.8 Å². The highest BCUT2D eigenvalue weighted by Crippen LogP contribution is 2.36. The fourth-order valence-corrected chi connectivity index (χ4v) is 3.68. The molecule has 0 amide bonds. The summed E-state index contributed by atoms with van der Waals surface area (Å²) in [6.45, 7) is -4.07. The summed E-state index contributed by atoms with van der Waals surface area (Å²) in [5.41, 5.74) is -0.751. The summed E-state index contributed by atoms with van der Waals surface area (Å²) in [6, 6.07) is 3.69. The topological polar surface area (TPSA) is 130 Å². The Morgan fingerprint density at radius 2 is 2.03 bits per heavy atom. The lowest BCUT2D eigenvalue weighted by molar-refractivity contribution is -0.0612. The van der Waals surface area contributed by atoms with Gasteiger partial charge in [0.1, 0.15) is 11.4 Å². The van der Waals surface area contributed by atoms with E-state index in [1.165, 1.54) is 34.1 Å². The lowest BCUT2D eigenvalue weighted by Crippen LogP contribution is -2.36. The standard InChI is InChI=1S/C20H15F4N7O4/c21-18(22)34-10-1-2-15(26-6-10)35-14-8-30(9-20(14,23)24)13-5-12(29-31-4-3-25-16(13)31)11-7-27-19(33)28-17(11)32/h1-7,14,18H,8-9H2,(H2,27,28,32,33)/t14-/m1/s1. The second kappa shape index (κ2) is 8.41. The molecular formula is C20H15F4N7O4. The number of anilines is 1. The molecule has 5 heterocycles. The Labute approximate surface area is 192 Å². The SMILES string of the molecule is O=c1[nH]cc(-c2cc(N3C[C@@H](Oc4ccc(OC(F)F)cn4)C(F)(F)C3)c3nccn3n2)c(=O)[nH]1. The molecule has 1 fully saturated rings. The maximum absolute atomic E-state index is 14.9. The van der Waals surface area contributed by atoms with Gasteiger partial charge in [-0.2, -0.15) is 13.9 Å². The highest BCUT2D eigenvalue weighted by atomic mass is 19.3. The molecule has 0 aliphatic carbocycles. The number of hydrogen-bond donors (Lipinski definition) is 2. The minimum atomic E-state index is -3.32. The van der Waals surface area contributed by atoms with Crippen LogP contribution in [0, 0.1) is 0 Å². The fourth-order valence-electron chi connectivity index (χ4n) is 3.68. The van der Waals surface area contributed by atoms with E-state index in [4.69, 9.17) is 4.74 Å². The van der Waals surface area contributed by atoms with Crippen molar-refractivity contribution in [2.45, 2.75) is 18.6 Å². The lowest BCUT2D eigenvalue weighted by Gasteiger charge is -2.19. The maximum atomic E-state index is 14.9. The van der Waals surface area contributed by atoms with Gasteiger partial charge in [-0.25, -0.2) is 28.1 Å². The Morgan fingerprint density at radius 3 is 2.74 bits per heavy atom. The molecule has 4 aromatic heterocycles. The van der Waals surface area contributed by atoms with Crippen LogP contribution in [-0.2, 0) is 0 Å². The van der Waals surface area contributed by atoms with Crippen LogP contribution in [0.3, 0.4) is 0 Å². The third kappa shape index (κ3) is 4.39. The van der Waals surface area contributed by atoms with Gasteiger partial charge in [-0.15, -0.1) is 0 Å². The summed E-state index contributed by atoms with van der Waals surface area (Å²) in [4.78, 5) is 37.3. The molecule has 4 aromatic rings. The monoisotopic (exact) mass is 493 g/mol. The van der Waals surface area contributed by atoms with Gasteiger partial charge in [0.15, 0.2) is 11.8 Å². The summed E-state index contributed by atoms with van der Waals surface area (Å²) in [5, 5.41) is 4.27. The number of pyridine rings is 1. The van der Waals surface area contributed by atoms with Crippen molar-refractivity contribution in [3.8, 4) is 22.9 Å². The number of hydrogen-bond acceptors (Lipinski definition) is 8. The molecule has 2 N–H and O–H groups in total. The number of fused-ring (bicyclic) bond motifs is 1. The Kier molecular flexibility index (Phi) is 5.37. The third-order valence-corrected chi connectivity index (χ3v) is 5.23. The number of halogens is 4. The third-order valence-electron chi connectivity index (χ3n) is 5.23. The Hall–Kier alpha value is -4.43. The van der Waals surface area contributed by atoms with Gasteiger partial charge in [-0.1, -0.05) is 0 Å². The van der Waals surface area contributed by atoms with Gasteiger partial charge in [0.25, 0.3) is 5.56 Å². The highest BCUT2D eigenvalue weighted by Gasteiger charge is 2.51. The molecule has 0 bridgehead atoms. The number of aromatic nitrogens is 6. The first-order valence-corrected chi connectivity index (χ1v) is 10.1. The van der Waals surface area contributed by atoms with Crippen molar-refractivity contribution < 1.29 is 27.0 Å². The smallest absolute Gasteiger partial charge is 0.387 e. The zero-order chi connectivity index (χ0) is 24.7. The van der Waals surface area contributed by atoms with Crippen LogP contribution in [0.1, 0.15) is 0 Å². The molecule has 0 aromatic carbocycles. The Bertz CT molecular complexity index is 1490. The first-order chi connectivity index (χ1) is 16.7. The molecule has 1 aliphatic rings. The van der Waals surface area contributed by atoms with Crippen LogP contribution in [0.2, 0.25) is 0 Å². The average Bonchev–Trinajstić information content (AvgIpc) is 3.38. The van der Waals surface area contributed by atoms with Crippen LogP contribution in [0.15, 0.2) is 52.6 Å². The number of nitrogens with zero attached hydrogens (tertiary/aromatic N) is 5. The van der Waals surface area contributed by atoms with Crippen molar-refractivity contribution in [1.82, 2.24) is 29.5 Å². The predicted octanol–water partition coefficient (Wildman–Crippen LogP) is 1.67. The van der Waals surface area contributed by atoms with Crippen molar-refractivity contribution in [2.24, 2.45) is 0 Å². The first-order valence-electron chi connectivity index (χ1n) is 10.1. The molecule has 0 saturated carbocycles. The van der Waals surface area contributed by atoms with E-state index in [9.17, 15) is 27.2 Å². The molecular weight excluding hydrogens is 478 g/mol. The maximum Gasteiger partial charge on any atom is 0.387 e. The van der Waals surface area contributed by atoms with E-state index in [-0.39, 0.29) is 40.8 Å². The van der Waals surface area contributed by atoms with Crippen molar-refractivity contribution >= 4 is 11.3 Å². The Balaban J connectivity index is 1.45. The number of aromatic amines is 2. The molecule has 0 unspecified atom stereocenters. The van der Waals surface area contributed by atoms with Gasteiger partial charge in [-0.05, 0) is 12.1 Å². The number of imidazole rings is 1. The molecule has 1 atom stereocenters. The number of alkyl halides is 4. The van der Waals surface area contributed by atoms with Crippen LogP contribution >= 0.6 is 0 Å². The van der Waals surface area contributed by atoms with Gasteiger partial charge in [0, 0.05) is 24.7 Å². The Morgan fingerprint density at radius 1 is 1.20 bits per heavy atom. The van der Waals surface area contributed by atoms with Crippen LogP contribution in [0.4, 0.5) is 23.2 Å². The minimum Gasteiger partial charge on any atom is -0.466 e. The number of nitrogens with one attached hydrogen (secondary N) is 2.